The van der Waals surface area contributed by atoms with Gasteiger partial charge in [-0.05, 0) is 104 Å². The van der Waals surface area contributed by atoms with Crippen molar-refractivity contribution in [2.24, 2.45) is 52.3 Å². The number of carbonyl (C=O) groups is 1. The van der Waals surface area contributed by atoms with Gasteiger partial charge in [-0.2, -0.15) is 4.31 Å². The van der Waals surface area contributed by atoms with Gasteiger partial charge in [0.2, 0.25) is 10.0 Å². The van der Waals surface area contributed by atoms with E-state index in [0.29, 0.717) is 68.2 Å². The number of carbonyl (C=O) groups excluding carboxylic acids is 1. The van der Waals surface area contributed by atoms with Crippen LogP contribution in [0.2, 0.25) is 0 Å². The molecule has 5 fully saturated rings. The van der Waals surface area contributed by atoms with Crippen LogP contribution in [0.1, 0.15) is 91.9 Å². The average Bonchev–Trinajstić information content (AvgIpc) is 3.26. The molecule has 4 saturated carbocycles. The van der Waals surface area contributed by atoms with Gasteiger partial charge in [-0.15, -0.1) is 0 Å². The fourth-order valence-electron chi connectivity index (χ4n) is 10.7. The molecule has 5 rings (SSSR count). The largest absolute Gasteiger partial charge is 0.393 e. The molecule has 0 aromatic carbocycles. The highest BCUT2D eigenvalue weighted by Crippen LogP contribution is 2.69. The van der Waals surface area contributed by atoms with Gasteiger partial charge in [0, 0.05) is 19.5 Å². The maximum atomic E-state index is 12.8. The van der Waals surface area contributed by atoms with Gasteiger partial charge in [0.1, 0.15) is 11.5 Å². The van der Waals surface area contributed by atoms with Crippen LogP contribution in [0.5, 0.6) is 0 Å². The molecule has 0 radical (unpaired) electrons. The number of nitrogens with zero attached hydrogens (tertiary/aromatic N) is 1. The van der Waals surface area contributed by atoms with Gasteiger partial charge in [-0.3, -0.25) is 4.79 Å². The Morgan fingerprint density at radius 3 is 2.36 bits per heavy atom. The van der Waals surface area contributed by atoms with Crippen molar-refractivity contribution in [3.05, 3.63) is 0 Å². The topological polar surface area (TPSA) is 104 Å². The molecule has 8 heteroatoms. The summed E-state index contributed by atoms with van der Waals surface area (Å²) >= 11 is 0. The summed E-state index contributed by atoms with van der Waals surface area (Å²) in [7, 11) is -3.57. The minimum Gasteiger partial charge on any atom is -0.393 e. The number of sulfonamides is 1. The summed E-state index contributed by atoms with van der Waals surface area (Å²) in [6, 6.07) is 0. The van der Waals surface area contributed by atoms with E-state index < -0.39 is 15.8 Å². The molecule has 224 valence electrons. The van der Waals surface area contributed by atoms with Crippen molar-refractivity contribution >= 4 is 15.8 Å². The second kappa shape index (κ2) is 11.3. The van der Waals surface area contributed by atoms with E-state index in [4.69, 9.17) is 4.74 Å². The van der Waals surface area contributed by atoms with Crippen molar-refractivity contribution in [1.29, 1.82) is 0 Å². The molecule has 0 aromatic heterocycles. The van der Waals surface area contributed by atoms with Gasteiger partial charge in [0.05, 0.1) is 25.4 Å². The summed E-state index contributed by atoms with van der Waals surface area (Å²) < 4.78 is 32.1. The molecule has 0 unspecified atom stereocenters. The third-order valence-electron chi connectivity index (χ3n) is 12.7. The molecule has 1 aliphatic heterocycles. The summed E-state index contributed by atoms with van der Waals surface area (Å²) in [4.78, 5) is 12.8. The Kier molecular flexibility index (Phi) is 8.65. The molecular formula is C31H53NO6S. The molecule has 2 N–H and O–H groups in total. The Hall–Kier alpha value is -0.540. The van der Waals surface area contributed by atoms with Gasteiger partial charge in [-0.1, -0.05) is 34.1 Å². The highest BCUT2D eigenvalue weighted by Gasteiger charge is 2.64. The summed E-state index contributed by atoms with van der Waals surface area (Å²) in [5.74, 6) is 2.28. The number of ether oxygens (including phenoxy) is 1. The molecule has 4 aliphatic carbocycles. The lowest BCUT2D eigenvalue weighted by atomic mass is 9.41. The van der Waals surface area contributed by atoms with Crippen LogP contribution in [0, 0.1) is 52.3 Å². The lowest BCUT2D eigenvalue weighted by molar-refractivity contribution is -0.203. The third-order valence-corrected chi connectivity index (χ3v) is 14.6. The van der Waals surface area contributed by atoms with E-state index in [9.17, 15) is 23.4 Å². The molecule has 7 nitrogen and oxygen atoms in total. The quantitative estimate of drug-likeness (QED) is 0.454. The van der Waals surface area contributed by atoms with E-state index in [0.717, 1.165) is 51.4 Å². The molecule has 1 saturated heterocycles. The summed E-state index contributed by atoms with van der Waals surface area (Å²) in [5, 5.41) is 22.4. The first-order valence-electron chi connectivity index (χ1n) is 15.9. The van der Waals surface area contributed by atoms with Gasteiger partial charge < -0.3 is 14.9 Å². The van der Waals surface area contributed by atoms with Crippen molar-refractivity contribution < 1.29 is 28.2 Å². The molecule has 11 atom stereocenters. The zero-order chi connectivity index (χ0) is 28.2. The molecule has 39 heavy (non-hydrogen) atoms. The van der Waals surface area contributed by atoms with Crippen LogP contribution in [0.25, 0.3) is 0 Å². The first-order valence-corrected chi connectivity index (χ1v) is 17.5. The van der Waals surface area contributed by atoms with Crippen LogP contribution in [-0.2, 0) is 19.6 Å². The summed E-state index contributed by atoms with van der Waals surface area (Å²) in [6.07, 6.45) is 8.89. The Labute approximate surface area is 236 Å². The van der Waals surface area contributed by atoms with Crippen LogP contribution in [0.3, 0.4) is 0 Å². The lowest BCUT2D eigenvalue weighted by Crippen LogP contribution is -2.62. The number of fused-ring (bicyclic) bond motifs is 5. The molecule has 5 aliphatic rings. The fourth-order valence-corrected chi connectivity index (χ4v) is 12.2. The van der Waals surface area contributed by atoms with Crippen molar-refractivity contribution in [2.45, 2.75) is 104 Å². The van der Waals surface area contributed by atoms with Crippen LogP contribution < -0.4 is 0 Å². The van der Waals surface area contributed by atoms with E-state index in [-0.39, 0.29) is 34.7 Å². The van der Waals surface area contributed by atoms with Gasteiger partial charge in [0.25, 0.3) is 0 Å². The second-order valence-corrected chi connectivity index (χ2v) is 16.4. The predicted octanol–water partition coefficient (Wildman–Crippen LogP) is 4.26. The number of hydrogen-bond donors (Lipinski definition) is 2. The van der Waals surface area contributed by atoms with E-state index in [1.165, 1.54) is 10.7 Å². The number of morpholine rings is 1. The smallest absolute Gasteiger partial charge is 0.221 e. The molecule has 0 amide bonds. The number of hydrogen-bond acceptors (Lipinski definition) is 6. The zero-order valence-corrected chi connectivity index (χ0v) is 25.5. The third kappa shape index (κ3) is 5.28. The van der Waals surface area contributed by atoms with E-state index in [2.05, 4.69) is 27.7 Å². The van der Waals surface area contributed by atoms with Crippen molar-refractivity contribution in [1.82, 2.24) is 4.31 Å². The monoisotopic (exact) mass is 567 g/mol. The molecule has 0 aromatic rings. The van der Waals surface area contributed by atoms with E-state index in [1.54, 1.807) is 0 Å². The molecular weight excluding hydrogens is 514 g/mol. The standard InChI is InChI=1S/C31H53NO6S/c1-5-23-27-18-21(33)10-12-31(27,4)26-11-13-30(3)24(8-9-25(30)28(26)29(23)35)20(2)6-7-22(34)19-39(36,37)32-14-16-38-17-15-32/h20-21,23-29,33,35H,5-19H2,1-4H3/t20-,21-,23-,24-,25+,26+,27+,28+,29-,30-,31-/m1/s1. The molecule has 1 heterocycles. The van der Waals surface area contributed by atoms with E-state index in [1.807, 2.05) is 0 Å². The zero-order valence-electron chi connectivity index (χ0n) is 24.7. The summed E-state index contributed by atoms with van der Waals surface area (Å²) in [5.41, 5.74) is 0.355. The first-order chi connectivity index (χ1) is 18.4. The predicted molar refractivity (Wildman–Crippen MR) is 151 cm³/mol. The minimum atomic E-state index is -3.57. The number of ketones is 1. The average molecular weight is 568 g/mol. The molecule has 0 bridgehead atoms. The Bertz CT molecular complexity index is 997. The van der Waals surface area contributed by atoms with Crippen molar-refractivity contribution in [3.8, 4) is 0 Å². The van der Waals surface area contributed by atoms with Gasteiger partial charge >= 0.3 is 0 Å². The highest BCUT2D eigenvalue weighted by molar-refractivity contribution is 7.89. The van der Waals surface area contributed by atoms with E-state index >= 15 is 0 Å². The maximum Gasteiger partial charge on any atom is 0.221 e. The SMILES string of the molecule is CC[C@H]1[C@@H](O)[C@@H]2[C@H](CC[C@]3(C)[C@@H]([C@H](C)CCC(=O)CS(=O)(=O)N4CCOCC4)CC[C@@H]23)[C@@]2(C)CC[C@@H](O)C[C@@H]12. The number of Topliss-reactive ketones (excluding diaryl/α,β-unsaturated/α-hetero) is 1. The van der Waals surface area contributed by atoms with Gasteiger partial charge in [-0.25, -0.2) is 8.42 Å². The number of aliphatic hydroxyl groups is 2. The maximum absolute atomic E-state index is 12.8. The number of rotatable bonds is 8. The Balaban J connectivity index is 1.25. The second-order valence-electron chi connectivity index (χ2n) is 14.4. The van der Waals surface area contributed by atoms with Crippen LogP contribution >= 0.6 is 0 Å². The highest BCUT2D eigenvalue weighted by atomic mass is 32.2. The molecule has 0 spiro atoms. The van der Waals surface area contributed by atoms with Crippen molar-refractivity contribution in [2.75, 3.05) is 32.1 Å². The fraction of sp³-hybridized carbons (Fsp3) is 0.968. The lowest BCUT2D eigenvalue weighted by Gasteiger charge is -2.64. The van der Waals surface area contributed by atoms with Gasteiger partial charge in [0.15, 0.2) is 0 Å². The van der Waals surface area contributed by atoms with Crippen LogP contribution in [-0.4, -0.2) is 73.0 Å². The van der Waals surface area contributed by atoms with Crippen LogP contribution in [0.4, 0.5) is 0 Å². The van der Waals surface area contributed by atoms with Crippen molar-refractivity contribution in [3.63, 3.8) is 0 Å². The summed E-state index contributed by atoms with van der Waals surface area (Å²) in [6.45, 7) is 10.9. The Morgan fingerprint density at radius 1 is 1.00 bits per heavy atom. The van der Waals surface area contributed by atoms with Crippen LogP contribution in [0.15, 0.2) is 0 Å². The normalized spacial score (nSPS) is 45.7. The minimum absolute atomic E-state index is 0.153. The number of aliphatic hydroxyl groups excluding tert-OH is 2. The first kappa shape index (κ1) is 29.9. The Morgan fingerprint density at radius 2 is 1.67 bits per heavy atom.